The highest BCUT2D eigenvalue weighted by Gasteiger charge is 2.77. The predicted octanol–water partition coefficient (Wildman–Crippen LogP) is 5.65. The van der Waals surface area contributed by atoms with E-state index in [0.717, 1.165) is 20.5 Å². The lowest BCUT2D eigenvalue weighted by Crippen LogP contribution is -2.52. The van der Waals surface area contributed by atoms with Crippen molar-refractivity contribution in [2.75, 3.05) is 7.11 Å². The number of fused-ring (bicyclic) bond motifs is 3. The van der Waals surface area contributed by atoms with Crippen molar-refractivity contribution >= 4 is 27.7 Å². The number of rotatable bonds is 5. The van der Waals surface area contributed by atoms with E-state index in [0.29, 0.717) is 17.1 Å². The normalized spacial score (nSPS) is 28.3. The molecular weight excluding hydrogens is 538 g/mol. The summed E-state index contributed by atoms with van der Waals surface area (Å²) in [6.45, 7) is 0. The molecule has 2 aliphatic rings. The SMILES string of the molecule is COc1cncc2c1C1(O)C(O)C(Sc3ccccc3)C(c3ccccc3)C1(c1ccc(Br)cc1)O2. The van der Waals surface area contributed by atoms with Crippen LogP contribution in [0.1, 0.15) is 22.6 Å². The summed E-state index contributed by atoms with van der Waals surface area (Å²) < 4.78 is 13.4. The van der Waals surface area contributed by atoms with Gasteiger partial charge in [0.1, 0.15) is 17.6 Å². The van der Waals surface area contributed by atoms with Crippen molar-refractivity contribution in [2.24, 2.45) is 0 Å². The maximum Gasteiger partial charge on any atom is 0.178 e. The molecule has 1 aliphatic heterocycles. The average molecular weight is 562 g/mol. The highest BCUT2D eigenvalue weighted by atomic mass is 79.9. The first kappa shape index (κ1) is 23.6. The number of thioether (sulfide) groups is 1. The van der Waals surface area contributed by atoms with Crippen LogP contribution in [-0.4, -0.2) is 33.7 Å². The van der Waals surface area contributed by atoms with E-state index in [9.17, 15) is 10.2 Å². The molecule has 2 N–H and O–H groups in total. The fourth-order valence-corrected chi connectivity index (χ4v) is 7.52. The fraction of sp³-hybridized carbons (Fsp3) is 0.207. The molecule has 5 atom stereocenters. The van der Waals surface area contributed by atoms with Crippen molar-refractivity contribution < 1.29 is 19.7 Å². The van der Waals surface area contributed by atoms with Gasteiger partial charge >= 0.3 is 0 Å². The Kier molecular flexibility index (Phi) is 5.84. The summed E-state index contributed by atoms with van der Waals surface area (Å²) >= 11 is 5.08. The van der Waals surface area contributed by atoms with Crippen LogP contribution in [0.15, 0.2) is 107 Å². The molecule has 1 aromatic heterocycles. The highest BCUT2D eigenvalue weighted by molar-refractivity contribution is 9.10. The first-order valence-electron chi connectivity index (χ1n) is 11.7. The van der Waals surface area contributed by atoms with Crippen molar-refractivity contribution in [1.82, 2.24) is 4.98 Å². The lowest BCUT2D eigenvalue weighted by Gasteiger charge is -2.40. The number of halogens is 1. The second kappa shape index (κ2) is 8.92. The van der Waals surface area contributed by atoms with Gasteiger partial charge in [-0.1, -0.05) is 76.6 Å². The van der Waals surface area contributed by atoms with Crippen LogP contribution in [0.3, 0.4) is 0 Å². The number of hydrogen-bond acceptors (Lipinski definition) is 6. The third kappa shape index (κ3) is 3.27. The Morgan fingerprint density at radius 1 is 0.944 bits per heavy atom. The van der Waals surface area contributed by atoms with Crippen LogP contribution in [0, 0.1) is 0 Å². The summed E-state index contributed by atoms with van der Waals surface area (Å²) in [7, 11) is 1.53. The monoisotopic (exact) mass is 561 g/mol. The molecule has 0 amide bonds. The van der Waals surface area contributed by atoms with Gasteiger partial charge in [0.05, 0.1) is 25.1 Å². The van der Waals surface area contributed by atoms with Crippen LogP contribution in [0.4, 0.5) is 0 Å². The number of hydrogen-bond donors (Lipinski definition) is 2. The Morgan fingerprint density at radius 3 is 2.28 bits per heavy atom. The molecule has 4 aromatic rings. The molecule has 1 fully saturated rings. The summed E-state index contributed by atoms with van der Waals surface area (Å²) in [5.41, 5.74) is -0.997. The van der Waals surface area contributed by atoms with Gasteiger partial charge in [-0.15, -0.1) is 11.8 Å². The van der Waals surface area contributed by atoms with E-state index in [1.165, 1.54) is 7.11 Å². The minimum absolute atomic E-state index is 0.380. The number of aromatic nitrogens is 1. The van der Waals surface area contributed by atoms with E-state index < -0.39 is 28.5 Å². The van der Waals surface area contributed by atoms with Gasteiger partial charge in [-0.05, 0) is 35.4 Å². The standard InChI is InChI=1S/C29H24BrNO4S/c1-34-22-16-31-17-23-25(22)28(33)27(32)26(36-21-10-6-3-7-11-21)24(18-8-4-2-5-9-18)29(28,35-23)19-12-14-20(30)15-13-19/h2-17,24,26-27,32-33H,1H3. The molecule has 7 heteroatoms. The van der Waals surface area contributed by atoms with Gasteiger partial charge in [0.15, 0.2) is 11.2 Å². The zero-order valence-electron chi connectivity index (χ0n) is 19.4. The van der Waals surface area contributed by atoms with Gasteiger partial charge < -0.3 is 19.7 Å². The number of aliphatic hydroxyl groups excluding tert-OH is 1. The van der Waals surface area contributed by atoms with E-state index >= 15 is 0 Å². The molecular formula is C29H24BrNO4S. The number of pyridine rings is 1. The van der Waals surface area contributed by atoms with Gasteiger partial charge in [0, 0.05) is 20.5 Å². The van der Waals surface area contributed by atoms with Crippen molar-refractivity contribution in [3.63, 3.8) is 0 Å². The second-order valence-electron chi connectivity index (χ2n) is 9.05. The number of benzene rings is 3. The molecule has 6 rings (SSSR count). The largest absolute Gasteiger partial charge is 0.495 e. The lowest BCUT2D eigenvalue weighted by molar-refractivity contribution is -0.149. The Labute approximate surface area is 222 Å². The maximum atomic E-state index is 12.8. The van der Waals surface area contributed by atoms with Crippen LogP contribution in [0.2, 0.25) is 0 Å². The molecule has 0 radical (unpaired) electrons. The average Bonchev–Trinajstić information content (AvgIpc) is 3.28. The minimum atomic E-state index is -1.81. The Balaban J connectivity index is 1.66. The maximum absolute atomic E-state index is 12.8. The summed E-state index contributed by atoms with van der Waals surface area (Å²) in [6, 6.07) is 27.7. The van der Waals surface area contributed by atoms with Crippen LogP contribution in [0.25, 0.3) is 0 Å². The van der Waals surface area contributed by atoms with Crippen LogP contribution in [0.5, 0.6) is 11.5 Å². The topological polar surface area (TPSA) is 71.8 Å². The molecule has 1 aliphatic carbocycles. The van der Waals surface area contributed by atoms with Gasteiger partial charge in [-0.25, -0.2) is 0 Å². The molecule has 5 nitrogen and oxygen atoms in total. The molecule has 1 saturated carbocycles. The van der Waals surface area contributed by atoms with Gasteiger partial charge in [-0.2, -0.15) is 0 Å². The fourth-order valence-electron chi connectivity index (χ4n) is 5.82. The minimum Gasteiger partial charge on any atom is -0.495 e. The summed E-state index contributed by atoms with van der Waals surface area (Å²) in [5.74, 6) is 0.371. The van der Waals surface area contributed by atoms with Gasteiger partial charge in [0.25, 0.3) is 0 Å². The smallest absolute Gasteiger partial charge is 0.178 e. The Morgan fingerprint density at radius 2 is 1.61 bits per heavy atom. The van der Waals surface area contributed by atoms with Gasteiger partial charge in [0.2, 0.25) is 0 Å². The third-order valence-electron chi connectivity index (χ3n) is 7.27. The molecule has 5 unspecified atom stereocenters. The highest BCUT2D eigenvalue weighted by Crippen LogP contribution is 2.70. The molecule has 0 saturated heterocycles. The molecule has 2 heterocycles. The number of nitrogens with zero attached hydrogens (tertiary/aromatic N) is 1. The summed E-state index contributed by atoms with van der Waals surface area (Å²) in [5, 5.41) is 24.5. The molecule has 0 bridgehead atoms. The Hall–Kier alpha value is -2.84. The molecule has 3 aromatic carbocycles. The number of methoxy groups -OCH3 is 1. The van der Waals surface area contributed by atoms with Crippen LogP contribution >= 0.6 is 27.7 Å². The van der Waals surface area contributed by atoms with Crippen LogP contribution in [-0.2, 0) is 11.2 Å². The lowest BCUT2D eigenvalue weighted by atomic mass is 9.71. The van der Waals surface area contributed by atoms with Gasteiger partial charge in [-0.3, -0.25) is 4.98 Å². The van der Waals surface area contributed by atoms with E-state index in [2.05, 4.69) is 20.9 Å². The first-order valence-corrected chi connectivity index (χ1v) is 13.3. The van der Waals surface area contributed by atoms with Crippen molar-refractivity contribution in [2.45, 2.75) is 33.4 Å². The van der Waals surface area contributed by atoms with Crippen molar-refractivity contribution in [1.29, 1.82) is 0 Å². The number of ether oxygens (including phenoxy) is 2. The van der Waals surface area contributed by atoms with Crippen molar-refractivity contribution in [3.05, 3.63) is 118 Å². The van der Waals surface area contributed by atoms with E-state index in [1.807, 2.05) is 84.9 Å². The quantitative estimate of drug-likeness (QED) is 0.328. The zero-order chi connectivity index (χ0) is 24.9. The van der Waals surface area contributed by atoms with E-state index in [-0.39, 0.29) is 0 Å². The third-order valence-corrected chi connectivity index (χ3v) is 9.14. The van der Waals surface area contributed by atoms with Crippen LogP contribution < -0.4 is 9.47 Å². The molecule has 36 heavy (non-hydrogen) atoms. The van der Waals surface area contributed by atoms with Crippen molar-refractivity contribution in [3.8, 4) is 11.5 Å². The number of aliphatic hydroxyl groups is 2. The molecule has 182 valence electrons. The van der Waals surface area contributed by atoms with E-state index in [4.69, 9.17) is 9.47 Å². The summed E-state index contributed by atoms with van der Waals surface area (Å²) in [4.78, 5) is 5.28. The zero-order valence-corrected chi connectivity index (χ0v) is 21.8. The summed E-state index contributed by atoms with van der Waals surface area (Å²) in [6.07, 6.45) is 1.96. The Bertz CT molecular complexity index is 1390. The van der Waals surface area contributed by atoms with E-state index in [1.54, 1.807) is 24.2 Å². The second-order valence-corrected chi connectivity index (χ2v) is 11.2. The predicted molar refractivity (Wildman–Crippen MR) is 142 cm³/mol. The first-order chi connectivity index (χ1) is 17.5. The molecule has 0 spiro atoms.